The Labute approximate surface area is 141 Å². The Morgan fingerprint density at radius 2 is 2.30 bits per heavy atom. The molecule has 2 atom stereocenters. The highest BCUT2D eigenvalue weighted by Crippen LogP contribution is 2.42. The van der Waals surface area contributed by atoms with Gasteiger partial charge < -0.3 is 25.0 Å². The second-order valence-corrected chi connectivity index (χ2v) is 8.82. The third-order valence-electron chi connectivity index (χ3n) is 2.55. The number of nitrogens with zero attached hydrogens (tertiary/aromatic N) is 2. The second kappa shape index (κ2) is 10.3. The largest absolute Gasteiger partial charge is 0.394 e. The zero-order valence-electron chi connectivity index (χ0n) is 12.5. The summed E-state index contributed by atoms with van der Waals surface area (Å²) in [4.78, 5) is 24.8. The molecule has 0 saturated heterocycles. The Balaban J connectivity index is 2.49. The molecule has 1 rings (SSSR count). The van der Waals surface area contributed by atoms with Crippen molar-refractivity contribution in [2.75, 3.05) is 37.3 Å². The fourth-order valence-electron chi connectivity index (χ4n) is 1.50. The van der Waals surface area contributed by atoms with Gasteiger partial charge in [-0.05, 0) is 12.3 Å². The molecule has 0 saturated carbocycles. The van der Waals surface area contributed by atoms with Crippen molar-refractivity contribution >= 4 is 35.0 Å². The molecule has 0 aliphatic carbocycles. The van der Waals surface area contributed by atoms with Gasteiger partial charge in [0.15, 0.2) is 0 Å². The van der Waals surface area contributed by atoms with E-state index in [1.165, 1.54) is 38.4 Å². The summed E-state index contributed by atoms with van der Waals surface area (Å²) >= 11 is 0. The Morgan fingerprint density at radius 1 is 1.57 bits per heavy atom. The average molecular weight is 385 g/mol. The molecule has 9 nitrogen and oxygen atoms in total. The van der Waals surface area contributed by atoms with Gasteiger partial charge in [0.25, 0.3) is 0 Å². The van der Waals surface area contributed by atoms with Gasteiger partial charge in [0.1, 0.15) is 12.2 Å². The quantitative estimate of drug-likeness (QED) is 0.278. The smallest absolute Gasteiger partial charge is 0.353 e. The number of hydrogen-bond acceptors (Lipinski definition) is 9. The van der Waals surface area contributed by atoms with Gasteiger partial charge in [-0.3, -0.25) is 9.13 Å². The van der Waals surface area contributed by atoms with E-state index in [9.17, 15) is 19.4 Å². The monoisotopic (exact) mass is 385 g/mol. The summed E-state index contributed by atoms with van der Waals surface area (Å²) in [6, 6.07) is 1.43. The van der Waals surface area contributed by atoms with Crippen LogP contribution < -0.4 is 11.4 Å². The van der Waals surface area contributed by atoms with Gasteiger partial charge in [-0.1, -0.05) is 21.6 Å². The Morgan fingerprint density at radius 3 is 2.91 bits per heavy atom. The first kappa shape index (κ1) is 20.5. The lowest BCUT2D eigenvalue weighted by molar-refractivity contribution is 0.0170. The molecule has 2 unspecified atom stereocenters. The predicted octanol–water partition coefficient (Wildman–Crippen LogP) is 0.374. The van der Waals surface area contributed by atoms with Gasteiger partial charge in [0, 0.05) is 11.9 Å². The van der Waals surface area contributed by atoms with Crippen LogP contribution in [0.2, 0.25) is 0 Å². The molecule has 132 valence electrons. The molecule has 23 heavy (non-hydrogen) atoms. The zero-order chi connectivity index (χ0) is 17.3. The lowest BCUT2D eigenvalue weighted by Gasteiger charge is -2.19. The van der Waals surface area contributed by atoms with Gasteiger partial charge >= 0.3 is 13.3 Å². The molecule has 0 aromatic carbocycles. The lowest BCUT2D eigenvalue weighted by atomic mass is 10.3. The Hall–Kier alpha value is -0.550. The number of ether oxygens (including phenoxy) is 1. The van der Waals surface area contributed by atoms with E-state index in [1.807, 2.05) is 6.26 Å². The van der Waals surface area contributed by atoms with Gasteiger partial charge in [0.05, 0.1) is 25.9 Å². The first-order valence-corrected chi connectivity index (χ1v) is 11.0. The van der Waals surface area contributed by atoms with E-state index in [0.717, 1.165) is 0 Å². The Bertz CT molecular complexity index is 587. The normalized spacial score (nSPS) is 15.3. The van der Waals surface area contributed by atoms with E-state index < -0.39 is 32.3 Å². The van der Waals surface area contributed by atoms with Crippen LogP contribution in [-0.4, -0.2) is 57.2 Å². The maximum atomic E-state index is 11.8. The predicted molar refractivity (Wildman–Crippen MR) is 91.5 cm³/mol. The molecule has 0 bridgehead atoms. The molecular weight excluding hydrogens is 365 g/mol. The molecule has 1 heterocycles. The summed E-state index contributed by atoms with van der Waals surface area (Å²) in [7, 11) is -0.866. The van der Waals surface area contributed by atoms with E-state index in [-0.39, 0.29) is 19.0 Å². The molecule has 0 spiro atoms. The van der Waals surface area contributed by atoms with Crippen LogP contribution in [0.4, 0.5) is 5.82 Å². The van der Waals surface area contributed by atoms with Gasteiger partial charge in [-0.25, -0.2) is 4.79 Å². The average Bonchev–Trinajstić information content (AvgIpc) is 2.50. The molecule has 0 amide bonds. The Kier molecular flexibility index (Phi) is 9.22. The number of nitrogen functional groups attached to an aromatic ring is 1. The van der Waals surface area contributed by atoms with Crippen molar-refractivity contribution in [3.63, 3.8) is 0 Å². The summed E-state index contributed by atoms with van der Waals surface area (Å²) in [5, 5.41) is 9.27. The number of aliphatic hydroxyl groups is 1. The molecule has 1 aromatic heterocycles. The SMILES string of the molecule is CSSCCOP(=O)(O)COC(CO)Cn1ccc(N)nc1=O. The lowest BCUT2D eigenvalue weighted by Crippen LogP contribution is -2.32. The third-order valence-corrected chi connectivity index (χ3v) is 5.39. The van der Waals surface area contributed by atoms with Crippen LogP contribution >= 0.6 is 29.2 Å². The highest BCUT2D eigenvalue weighted by Gasteiger charge is 2.22. The van der Waals surface area contributed by atoms with Crippen LogP contribution in [0.1, 0.15) is 0 Å². The summed E-state index contributed by atoms with van der Waals surface area (Å²) in [6.45, 7) is -0.335. The summed E-state index contributed by atoms with van der Waals surface area (Å²) < 4.78 is 23.0. The van der Waals surface area contributed by atoms with Crippen LogP contribution in [0.15, 0.2) is 17.1 Å². The number of hydrogen-bond donors (Lipinski definition) is 3. The van der Waals surface area contributed by atoms with Crippen molar-refractivity contribution in [2.45, 2.75) is 12.6 Å². The van der Waals surface area contributed by atoms with Crippen molar-refractivity contribution in [1.29, 1.82) is 0 Å². The van der Waals surface area contributed by atoms with Crippen molar-refractivity contribution in [3.8, 4) is 0 Å². The number of aliphatic hydroxyl groups excluding tert-OH is 1. The van der Waals surface area contributed by atoms with Crippen LogP contribution in [0.25, 0.3) is 0 Å². The van der Waals surface area contributed by atoms with E-state index in [1.54, 1.807) is 0 Å². The maximum Gasteiger partial charge on any atom is 0.353 e. The number of rotatable bonds is 11. The van der Waals surface area contributed by atoms with E-state index in [0.29, 0.717) is 5.75 Å². The summed E-state index contributed by atoms with van der Waals surface area (Å²) in [6.07, 6.45) is 1.89. The van der Waals surface area contributed by atoms with Gasteiger partial charge in [-0.2, -0.15) is 4.98 Å². The minimum Gasteiger partial charge on any atom is -0.394 e. The zero-order valence-corrected chi connectivity index (χ0v) is 15.1. The first-order valence-electron chi connectivity index (χ1n) is 6.55. The van der Waals surface area contributed by atoms with Crippen LogP contribution in [0.3, 0.4) is 0 Å². The fraction of sp³-hybridized carbons (Fsp3) is 0.636. The molecule has 0 fully saturated rings. The topological polar surface area (TPSA) is 137 Å². The number of aromatic nitrogens is 2. The summed E-state index contributed by atoms with van der Waals surface area (Å²) in [5.41, 5.74) is 4.79. The maximum absolute atomic E-state index is 11.8. The van der Waals surface area contributed by atoms with Gasteiger partial charge in [-0.15, -0.1) is 0 Å². The van der Waals surface area contributed by atoms with Crippen LogP contribution in [-0.2, 0) is 20.4 Å². The minimum absolute atomic E-state index is 0.0229. The highest BCUT2D eigenvalue weighted by atomic mass is 33.1. The molecule has 0 aliphatic heterocycles. The molecule has 12 heteroatoms. The van der Waals surface area contributed by atoms with Crippen molar-refractivity contribution < 1.29 is 23.8 Å². The second-order valence-electron chi connectivity index (χ2n) is 4.35. The van der Waals surface area contributed by atoms with Crippen molar-refractivity contribution in [2.24, 2.45) is 0 Å². The van der Waals surface area contributed by atoms with Crippen LogP contribution in [0.5, 0.6) is 0 Å². The van der Waals surface area contributed by atoms with Crippen molar-refractivity contribution in [3.05, 3.63) is 22.7 Å². The first-order chi connectivity index (χ1) is 10.9. The molecular formula is C11H20N3O6PS2. The van der Waals surface area contributed by atoms with E-state index in [4.69, 9.17) is 15.0 Å². The summed E-state index contributed by atoms with van der Waals surface area (Å²) in [5.74, 6) is 0.658. The number of anilines is 1. The standard InChI is InChI=1S/C11H20N3O6PS2/c1-22-23-5-4-20-21(17,18)8-19-9(7-15)6-14-3-2-10(12)13-11(14)16/h2-3,9,15H,4-8H2,1H3,(H,17,18)(H2,12,13,16). The van der Waals surface area contributed by atoms with Gasteiger partial charge in [0.2, 0.25) is 0 Å². The number of nitrogens with two attached hydrogens (primary N) is 1. The molecule has 0 radical (unpaired) electrons. The van der Waals surface area contributed by atoms with E-state index >= 15 is 0 Å². The highest BCUT2D eigenvalue weighted by molar-refractivity contribution is 8.76. The molecule has 4 N–H and O–H groups in total. The molecule has 0 aliphatic rings. The third kappa shape index (κ3) is 8.20. The molecule has 1 aromatic rings. The minimum atomic E-state index is -3.90. The van der Waals surface area contributed by atoms with E-state index in [2.05, 4.69) is 4.98 Å². The van der Waals surface area contributed by atoms with Crippen molar-refractivity contribution in [1.82, 2.24) is 9.55 Å². The fourth-order valence-corrected chi connectivity index (χ4v) is 3.49. The van der Waals surface area contributed by atoms with Crippen LogP contribution in [0, 0.1) is 0 Å².